The number of hydrogen-bond donors (Lipinski definition) is 1. The molecule has 0 bridgehead atoms. The van der Waals surface area contributed by atoms with Gasteiger partial charge < -0.3 is 15.0 Å². The van der Waals surface area contributed by atoms with E-state index in [4.69, 9.17) is 16.3 Å². The molecule has 3 aliphatic heterocycles. The monoisotopic (exact) mass is 390 g/mol. The number of urea groups is 1. The summed E-state index contributed by atoms with van der Waals surface area (Å²) >= 11 is 6.35. The van der Waals surface area contributed by atoms with E-state index in [2.05, 4.69) is 10.2 Å². The van der Waals surface area contributed by atoms with Crippen molar-refractivity contribution in [2.24, 2.45) is 0 Å². The van der Waals surface area contributed by atoms with Crippen molar-refractivity contribution in [1.29, 1.82) is 0 Å². The van der Waals surface area contributed by atoms with Crippen LogP contribution in [0.25, 0.3) is 0 Å². The van der Waals surface area contributed by atoms with Gasteiger partial charge in [-0.15, -0.1) is 0 Å². The van der Waals surface area contributed by atoms with Gasteiger partial charge in [-0.05, 0) is 11.6 Å². The molecule has 27 heavy (non-hydrogen) atoms. The molecule has 7 nitrogen and oxygen atoms in total. The molecule has 1 fully saturated rings. The molecule has 0 aromatic heterocycles. The van der Waals surface area contributed by atoms with E-state index in [0.29, 0.717) is 23.7 Å². The summed E-state index contributed by atoms with van der Waals surface area (Å²) in [5.74, 6) is -0.0324. The lowest BCUT2D eigenvalue weighted by Crippen LogP contribution is -2.45. The van der Waals surface area contributed by atoms with E-state index in [1.165, 1.54) is 4.90 Å². The van der Waals surface area contributed by atoms with Crippen LogP contribution in [-0.2, 0) is 9.53 Å². The molecule has 1 atom stereocenters. The number of carbonyl (C=O) groups excluding carboxylic acids is 2. The highest BCUT2D eigenvalue weighted by Crippen LogP contribution is 2.37. The van der Waals surface area contributed by atoms with Gasteiger partial charge in [0.25, 0.3) is 5.91 Å². The quantitative estimate of drug-likeness (QED) is 0.845. The van der Waals surface area contributed by atoms with Gasteiger partial charge in [-0.1, -0.05) is 29.8 Å². The van der Waals surface area contributed by atoms with Crippen LogP contribution in [0.3, 0.4) is 0 Å². The van der Waals surface area contributed by atoms with Crippen molar-refractivity contribution in [2.45, 2.75) is 6.04 Å². The molecule has 1 N–H and O–H groups in total. The molecule has 144 valence electrons. The number of morpholine rings is 1. The zero-order valence-corrected chi connectivity index (χ0v) is 16.0. The van der Waals surface area contributed by atoms with Crippen LogP contribution in [-0.4, -0.2) is 79.6 Å². The molecule has 3 amide bonds. The Hall–Kier alpha value is -2.09. The first-order chi connectivity index (χ1) is 13.1. The highest BCUT2D eigenvalue weighted by atomic mass is 35.5. The maximum absolute atomic E-state index is 13.2. The first-order valence-electron chi connectivity index (χ1n) is 9.17. The van der Waals surface area contributed by atoms with Crippen molar-refractivity contribution < 1.29 is 14.3 Å². The van der Waals surface area contributed by atoms with E-state index in [-0.39, 0.29) is 11.9 Å². The summed E-state index contributed by atoms with van der Waals surface area (Å²) in [6.07, 6.45) is 0. The number of amides is 3. The number of benzene rings is 1. The third kappa shape index (κ3) is 3.42. The average molecular weight is 391 g/mol. The van der Waals surface area contributed by atoms with Crippen molar-refractivity contribution in [3.05, 3.63) is 46.1 Å². The molecule has 3 heterocycles. The lowest BCUT2D eigenvalue weighted by Gasteiger charge is -2.31. The number of halogens is 1. The minimum atomic E-state index is -0.515. The fourth-order valence-electron chi connectivity index (χ4n) is 3.83. The van der Waals surface area contributed by atoms with Crippen molar-refractivity contribution in [2.75, 3.05) is 53.0 Å². The highest BCUT2D eigenvalue weighted by molar-refractivity contribution is 6.31. The zero-order valence-electron chi connectivity index (χ0n) is 15.3. The zero-order chi connectivity index (χ0) is 19.0. The van der Waals surface area contributed by atoms with Gasteiger partial charge in [-0.2, -0.15) is 0 Å². The van der Waals surface area contributed by atoms with E-state index in [0.717, 1.165) is 44.1 Å². The standard InChI is InChI=1S/C19H23ClN4O3/c1-22-15-12-24(7-6-23-8-10-27-11-9-23)18(25)16(15)17(21-19(22)26)13-4-2-3-5-14(13)20/h2-5,17H,6-12H2,1H3,(H,21,26). The molecular formula is C19H23ClN4O3. The summed E-state index contributed by atoms with van der Waals surface area (Å²) in [7, 11) is 1.70. The van der Waals surface area contributed by atoms with Gasteiger partial charge in [0, 0.05) is 38.2 Å². The summed E-state index contributed by atoms with van der Waals surface area (Å²) < 4.78 is 5.37. The highest BCUT2D eigenvalue weighted by Gasteiger charge is 2.43. The minimum absolute atomic E-state index is 0.0324. The normalized spacial score (nSPS) is 23.7. The fraction of sp³-hybridized carbons (Fsp3) is 0.474. The van der Waals surface area contributed by atoms with Gasteiger partial charge in [0.05, 0.1) is 37.1 Å². The van der Waals surface area contributed by atoms with E-state index < -0.39 is 6.04 Å². The molecule has 1 saturated heterocycles. The first-order valence-corrected chi connectivity index (χ1v) is 9.55. The minimum Gasteiger partial charge on any atom is -0.379 e. The van der Waals surface area contributed by atoms with Gasteiger partial charge in [-0.3, -0.25) is 14.6 Å². The largest absolute Gasteiger partial charge is 0.379 e. The van der Waals surface area contributed by atoms with E-state index in [1.807, 2.05) is 23.1 Å². The van der Waals surface area contributed by atoms with Gasteiger partial charge >= 0.3 is 6.03 Å². The number of ether oxygens (including phenoxy) is 1. The molecular weight excluding hydrogens is 368 g/mol. The SMILES string of the molecule is CN1C(=O)NC(c2ccccc2Cl)C2=C1CN(CCN1CCOCC1)C2=O. The molecule has 1 aromatic carbocycles. The van der Waals surface area contributed by atoms with Crippen LogP contribution < -0.4 is 5.32 Å². The Morgan fingerprint density at radius 2 is 1.93 bits per heavy atom. The van der Waals surface area contributed by atoms with E-state index >= 15 is 0 Å². The Labute approximate surface area is 163 Å². The molecule has 0 saturated carbocycles. The van der Waals surface area contributed by atoms with Crippen LogP contribution in [0.4, 0.5) is 4.79 Å². The second-order valence-electron chi connectivity index (χ2n) is 7.00. The van der Waals surface area contributed by atoms with Crippen LogP contribution >= 0.6 is 11.6 Å². The van der Waals surface area contributed by atoms with E-state index in [9.17, 15) is 9.59 Å². The smallest absolute Gasteiger partial charge is 0.322 e. The molecule has 8 heteroatoms. The van der Waals surface area contributed by atoms with Gasteiger partial charge in [-0.25, -0.2) is 4.79 Å². The maximum Gasteiger partial charge on any atom is 0.322 e. The van der Waals surface area contributed by atoms with E-state index in [1.54, 1.807) is 13.1 Å². The van der Waals surface area contributed by atoms with Crippen LogP contribution in [0.15, 0.2) is 35.5 Å². The van der Waals surface area contributed by atoms with Gasteiger partial charge in [0.15, 0.2) is 0 Å². The van der Waals surface area contributed by atoms with Gasteiger partial charge in [0.2, 0.25) is 0 Å². The molecule has 0 radical (unpaired) electrons. The van der Waals surface area contributed by atoms with Crippen molar-refractivity contribution in [1.82, 2.24) is 20.0 Å². The molecule has 4 rings (SSSR count). The predicted molar refractivity (Wildman–Crippen MR) is 101 cm³/mol. The number of rotatable bonds is 4. The summed E-state index contributed by atoms with van der Waals surface area (Å²) in [5.41, 5.74) is 2.12. The van der Waals surface area contributed by atoms with Crippen molar-refractivity contribution in [3.8, 4) is 0 Å². The Bertz CT molecular complexity index is 791. The topological polar surface area (TPSA) is 65.1 Å². The average Bonchev–Trinajstić information content (AvgIpc) is 3.01. The fourth-order valence-corrected chi connectivity index (χ4v) is 4.08. The molecule has 1 unspecified atom stereocenters. The lowest BCUT2D eigenvalue weighted by molar-refractivity contribution is -0.126. The Morgan fingerprint density at radius 3 is 2.67 bits per heavy atom. The number of carbonyl (C=O) groups is 2. The van der Waals surface area contributed by atoms with Gasteiger partial charge in [0.1, 0.15) is 0 Å². The maximum atomic E-state index is 13.2. The van der Waals surface area contributed by atoms with Crippen LogP contribution in [0, 0.1) is 0 Å². The molecule has 0 aliphatic carbocycles. The number of nitrogens with zero attached hydrogens (tertiary/aromatic N) is 3. The number of likely N-dealkylation sites (N-methyl/N-ethyl adjacent to an activating group) is 1. The Balaban J connectivity index is 1.56. The first kappa shape index (κ1) is 18.3. The van der Waals surface area contributed by atoms with Crippen LogP contribution in [0.2, 0.25) is 5.02 Å². The summed E-state index contributed by atoms with van der Waals surface area (Å²) in [5, 5.41) is 3.46. The third-order valence-corrected chi connectivity index (χ3v) is 5.79. The predicted octanol–water partition coefficient (Wildman–Crippen LogP) is 1.46. The van der Waals surface area contributed by atoms with Crippen LogP contribution in [0.1, 0.15) is 11.6 Å². The Morgan fingerprint density at radius 1 is 1.19 bits per heavy atom. The molecule has 3 aliphatic rings. The van der Waals surface area contributed by atoms with Crippen molar-refractivity contribution >= 4 is 23.5 Å². The second-order valence-corrected chi connectivity index (χ2v) is 7.41. The molecule has 0 spiro atoms. The Kier molecular flexibility index (Phi) is 5.08. The summed E-state index contributed by atoms with van der Waals surface area (Å²) in [6, 6.07) is 6.59. The lowest BCUT2D eigenvalue weighted by atomic mass is 9.96. The second kappa shape index (κ2) is 7.50. The number of nitrogens with one attached hydrogen (secondary N) is 1. The van der Waals surface area contributed by atoms with Crippen molar-refractivity contribution in [3.63, 3.8) is 0 Å². The molecule has 1 aromatic rings. The number of hydrogen-bond acceptors (Lipinski definition) is 4. The van der Waals surface area contributed by atoms with Crippen LogP contribution in [0.5, 0.6) is 0 Å². The summed E-state index contributed by atoms with van der Waals surface area (Å²) in [6.45, 7) is 5.12. The summed E-state index contributed by atoms with van der Waals surface area (Å²) in [4.78, 5) is 31.3. The third-order valence-electron chi connectivity index (χ3n) is 5.44.